The summed E-state index contributed by atoms with van der Waals surface area (Å²) in [5.74, 6) is 0. The van der Waals surface area contributed by atoms with Crippen molar-refractivity contribution in [2.24, 2.45) is 11.5 Å². The average Bonchev–Trinajstić information content (AvgIpc) is 3.45. The van der Waals surface area contributed by atoms with E-state index in [4.69, 9.17) is 77.8 Å². The van der Waals surface area contributed by atoms with Crippen LogP contribution in [-0.4, -0.2) is 358 Å². The van der Waals surface area contributed by atoms with Crippen molar-refractivity contribution in [3.63, 3.8) is 0 Å². The van der Waals surface area contributed by atoms with E-state index < -0.39 is 261 Å². The van der Waals surface area contributed by atoms with E-state index in [1.54, 1.807) is 0 Å². The van der Waals surface area contributed by atoms with Gasteiger partial charge >= 0.3 is 0 Å². The third kappa shape index (κ3) is 12.1. The molecule has 21 fully saturated rings. The van der Waals surface area contributed by atoms with Crippen LogP contribution in [0.3, 0.4) is 0 Å². The van der Waals surface area contributed by atoms with E-state index in [1.165, 1.54) is 0 Å². The van der Waals surface area contributed by atoms with Crippen LogP contribution in [0.15, 0.2) is 0 Å². The molecule has 0 aromatic heterocycles. The number of aliphatic hydroxyl groups excluding tert-OH is 19. The Morgan fingerprint density at radius 1 is 0.195 bits per heavy atom. The zero-order valence-electron chi connectivity index (χ0n) is 40.5. The molecule has 35 heteroatoms. The summed E-state index contributed by atoms with van der Waals surface area (Å²) in [6.45, 7) is -6.97. The van der Waals surface area contributed by atoms with E-state index >= 15 is 0 Å². The van der Waals surface area contributed by atoms with Crippen LogP contribution in [0.2, 0.25) is 0 Å². The fourth-order valence-electron chi connectivity index (χ4n) is 10.5. The van der Waals surface area contributed by atoms with E-state index in [0.29, 0.717) is 0 Å². The second kappa shape index (κ2) is 26.0. The summed E-state index contributed by atoms with van der Waals surface area (Å²) in [5, 5.41) is 209. The van der Waals surface area contributed by atoms with E-state index in [2.05, 4.69) is 0 Å². The van der Waals surface area contributed by atoms with Crippen molar-refractivity contribution in [2.75, 3.05) is 46.2 Å². The highest BCUT2D eigenvalue weighted by Crippen LogP contribution is 2.38. The SMILES string of the molecule is N[C@@H]1[C@@H](O)[C@H]2O[C@H]3[C@H](O)[C@@H](O)[C@@H](O[C@H]4[C@H](O)[C@@H](O)[C@@H](O[C@H]5[C@H](O)[C@@H](O)[C@@H](O[C@H]6[C@H](O)[C@@H](O)[C@@H](O[C@H]7[C@H](O)[C@@H](O)[C@@H](O[C@H]8[C@H](N)[C@@H](O)[C@@H](O[C@@H]1[C@@H](CO)O2)O[C@@H]8CO)O[C@@H]7CO)O[C@@H]6CO)O[C@@H]5CO)O[C@@H]4CO)O[C@@H]3CO. The Morgan fingerprint density at radius 3 is 0.506 bits per heavy atom. The molecule has 448 valence electrons. The lowest BCUT2D eigenvalue weighted by Gasteiger charge is -2.50. The number of hydrogen-bond acceptors (Lipinski definition) is 35. The normalized spacial score (nSPS) is 55.4. The Kier molecular flexibility index (Phi) is 20.8. The van der Waals surface area contributed by atoms with Crippen molar-refractivity contribution in [2.45, 2.75) is 215 Å². The molecule has 21 heterocycles. The van der Waals surface area contributed by atoms with Gasteiger partial charge in [-0.25, -0.2) is 0 Å². The molecule has 0 aliphatic carbocycles. The standard InChI is InChI=1S/C42H72N2O33/c43-15-17(52)36-64-9(2-46)30(15)72-38-24(59)19(54)32(11(4-48)66-38)74-40-26(61)21(56)34(13(6-50)68-40)76-42-28(63)23(58)35(14(7-51)70-42)77-41-27(62)22(57)33(12(5-49)69-41)75-39-25(60)20(55)31(10(3-47)67-39)73-37-18(53)16(44)29(71-36)8(1-45)65-37/h8-42,45-63H,1-7,43-44H2/t8-,9-,10-,11-,12-,13-,14-,15-,16-,17-,18-,19-,20-,21-,22-,23-,24-,25-,26-,27-,28-,29-,30-,31-,32-,33-,34-,35-,36-,37-,38-,39-,40-,41-,42-/m1/s1. The van der Waals surface area contributed by atoms with Crippen LogP contribution in [0, 0.1) is 0 Å². The fourth-order valence-corrected chi connectivity index (χ4v) is 10.5. The molecule has 21 aliphatic heterocycles. The first-order valence-corrected chi connectivity index (χ1v) is 24.8. The van der Waals surface area contributed by atoms with Gasteiger partial charge in [-0.1, -0.05) is 0 Å². The Labute approximate surface area is 435 Å². The molecule has 77 heavy (non-hydrogen) atoms. The summed E-state index contributed by atoms with van der Waals surface area (Å²) in [7, 11) is 0. The van der Waals surface area contributed by atoms with Crippen LogP contribution in [-0.2, 0) is 66.3 Å². The summed E-state index contributed by atoms with van der Waals surface area (Å²) in [6, 6.07) is -3.25. The number of hydrogen-bond donors (Lipinski definition) is 21. The van der Waals surface area contributed by atoms with E-state index in [-0.39, 0.29) is 0 Å². The third-order valence-electron chi connectivity index (χ3n) is 15.0. The zero-order valence-corrected chi connectivity index (χ0v) is 40.5. The Balaban J connectivity index is 1.08. The topological polar surface area (TPSA) is 566 Å². The summed E-state index contributed by atoms with van der Waals surface area (Å²) >= 11 is 0. The molecule has 0 aromatic rings. The van der Waals surface area contributed by atoms with Crippen molar-refractivity contribution in [3.8, 4) is 0 Å². The van der Waals surface area contributed by atoms with Crippen molar-refractivity contribution in [1.82, 2.24) is 0 Å². The molecular formula is C42H72N2O33. The quantitative estimate of drug-likeness (QED) is 0.113. The van der Waals surface area contributed by atoms with Crippen molar-refractivity contribution in [1.29, 1.82) is 0 Å². The predicted octanol–water partition coefficient (Wildman–Crippen LogP) is -15.3. The number of nitrogens with two attached hydrogens (primary N) is 2. The second-order valence-electron chi connectivity index (χ2n) is 19.8. The van der Waals surface area contributed by atoms with E-state index in [0.717, 1.165) is 0 Å². The number of ether oxygens (including phenoxy) is 14. The molecular weight excluding hydrogens is 1060 g/mol. The molecule has 0 aromatic carbocycles. The molecule has 35 nitrogen and oxygen atoms in total. The molecule has 21 aliphatic rings. The average molecular weight is 1130 g/mol. The van der Waals surface area contributed by atoms with Crippen LogP contribution in [0.25, 0.3) is 0 Å². The van der Waals surface area contributed by atoms with E-state index in [1.807, 2.05) is 0 Å². The third-order valence-corrected chi connectivity index (χ3v) is 15.0. The van der Waals surface area contributed by atoms with Gasteiger partial charge in [-0.05, 0) is 0 Å². The maximum atomic E-state index is 11.4. The molecule has 35 atom stereocenters. The van der Waals surface area contributed by atoms with Gasteiger partial charge in [-0.3, -0.25) is 0 Å². The summed E-state index contributed by atoms with van der Waals surface area (Å²) in [4.78, 5) is 0. The van der Waals surface area contributed by atoms with Gasteiger partial charge in [0.05, 0.1) is 58.3 Å². The molecule has 23 N–H and O–H groups in total. The number of rotatable bonds is 7. The van der Waals surface area contributed by atoms with Gasteiger partial charge in [0.1, 0.15) is 159 Å². The van der Waals surface area contributed by atoms with E-state index in [9.17, 15) is 97.0 Å². The van der Waals surface area contributed by atoms with Crippen LogP contribution >= 0.6 is 0 Å². The monoisotopic (exact) mass is 1130 g/mol. The first-order chi connectivity index (χ1) is 36.7. The van der Waals surface area contributed by atoms with Gasteiger partial charge in [0.2, 0.25) is 0 Å². The smallest absolute Gasteiger partial charge is 0.187 e. The molecule has 0 radical (unpaired) electrons. The summed E-state index contributed by atoms with van der Waals surface area (Å²) < 4.78 is 80.4. The highest BCUT2D eigenvalue weighted by atomic mass is 16.8. The fraction of sp³-hybridized carbons (Fsp3) is 1.00. The minimum absolute atomic E-state index is 0.936. The predicted molar refractivity (Wildman–Crippen MR) is 232 cm³/mol. The lowest BCUT2D eigenvalue weighted by Crippen LogP contribution is -2.70. The lowest BCUT2D eigenvalue weighted by molar-refractivity contribution is -0.396. The Morgan fingerprint density at radius 2 is 0.338 bits per heavy atom. The molecule has 0 saturated carbocycles. The second-order valence-corrected chi connectivity index (χ2v) is 19.8. The molecule has 21 saturated heterocycles. The molecule has 21 rings (SSSR count). The molecule has 0 amide bonds. The highest BCUT2D eigenvalue weighted by molar-refractivity contribution is 5.02. The lowest BCUT2D eigenvalue weighted by atomic mass is 9.94. The first kappa shape index (κ1) is 61.7. The molecule has 0 unspecified atom stereocenters. The van der Waals surface area contributed by atoms with Gasteiger partial charge < -0.3 is 175 Å². The zero-order chi connectivity index (χ0) is 56.1. The van der Waals surface area contributed by atoms with Gasteiger partial charge in [0.25, 0.3) is 0 Å². The largest absolute Gasteiger partial charge is 0.394 e. The van der Waals surface area contributed by atoms with Gasteiger partial charge in [0.15, 0.2) is 44.0 Å². The van der Waals surface area contributed by atoms with Crippen LogP contribution < -0.4 is 11.5 Å². The van der Waals surface area contributed by atoms with Crippen LogP contribution in [0.4, 0.5) is 0 Å². The van der Waals surface area contributed by atoms with Crippen molar-refractivity contribution < 1.29 is 163 Å². The van der Waals surface area contributed by atoms with Crippen molar-refractivity contribution in [3.05, 3.63) is 0 Å². The maximum Gasteiger partial charge on any atom is 0.187 e. The van der Waals surface area contributed by atoms with Gasteiger partial charge in [0, 0.05) is 0 Å². The molecule has 14 bridgehead atoms. The highest BCUT2D eigenvalue weighted by Gasteiger charge is 2.59. The molecule has 0 spiro atoms. The maximum absolute atomic E-state index is 11.4. The van der Waals surface area contributed by atoms with Crippen LogP contribution in [0.1, 0.15) is 0 Å². The van der Waals surface area contributed by atoms with Crippen LogP contribution in [0.5, 0.6) is 0 Å². The van der Waals surface area contributed by atoms with Crippen molar-refractivity contribution >= 4 is 0 Å². The summed E-state index contributed by atoms with van der Waals surface area (Å²) in [6.07, 6.45) is -63.3. The minimum atomic E-state index is -2.19. The first-order valence-electron chi connectivity index (χ1n) is 24.8. The van der Waals surface area contributed by atoms with Gasteiger partial charge in [-0.2, -0.15) is 0 Å². The van der Waals surface area contributed by atoms with Gasteiger partial charge in [-0.15, -0.1) is 0 Å². The number of aliphatic hydroxyl groups is 19. The Hall–Kier alpha value is -1.40. The Bertz CT molecular complexity index is 1480. The summed E-state index contributed by atoms with van der Waals surface area (Å²) in [5.41, 5.74) is 12.8. The minimum Gasteiger partial charge on any atom is -0.394 e.